The van der Waals surface area contributed by atoms with Gasteiger partial charge >= 0.3 is 0 Å². The lowest BCUT2D eigenvalue weighted by atomic mass is 10.2. The van der Waals surface area contributed by atoms with Crippen LogP contribution < -0.4 is 9.64 Å². The van der Waals surface area contributed by atoms with E-state index in [0.29, 0.717) is 44.3 Å². The SMILES string of the molecule is COc1ccc(S(=O)(=O)N2CCN(C(C)c3nc(N4CC[C@H](O)C4)c4ccccc4n3)CC2)cc1. The largest absolute Gasteiger partial charge is 0.497 e. The number of para-hydroxylation sites is 1. The zero-order chi connectivity index (χ0) is 24.6. The molecular weight excluding hydrogens is 466 g/mol. The number of sulfonamides is 1. The second-order valence-corrected chi connectivity index (χ2v) is 11.0. The van der Waals surface area contributed by atoms with E-state index in [2.05, 4.69) is 16.7 Å². The molecular formula is C25H31N5O4S. The molecule has 1 N–H and O–H groups in total. The van der Waals surface area contributed by atoms with Crippen LogP contribution in [0.4, 0.5) is 5.82 Å². The van der Waals surface area contributed by atoms with E-state index in [4.69, 9.17) is 14.7 Å². The minimum Gasteiger partial charge on any atom is -0.497 e. The summed E-state index contributed by atoms with van der Waals surface area (Å²) in [6.45, 7) is 5.37. The number of ether oxygens (including phenoxy) is 1. The van der Waals surface area contributed by atoms with Gasteiger partial charge in [-0.1, -0.05) is 12.1 Å². The highest BCUT2D eigenvalue weighted by atomic mass is 32.2. The lowest BCUT2D eigenvalue weighted by Gasteiger charge is -2.37. The quantitative estimate of drug-likeness (QED) is 0.554. The topological polar surface area (TPSA) is 99.1 Å². The van der Waals surface area contributed by atoms with E-state index in [1.54, 1.807) is 31.4 Å². The van der Waals surface area contributed by atoms with Crippen molar-refractivity contribution in [3.05, 3.63) is 54.4 Å². The molecule has 1 aromatic heterocycles. The number of piperazine rings is 1. The Labute approximate surface area is 206 Å². The number of aliphatic hydroxyl groups is 1. The van der Waals surface area contributed by atoms with Gasteiger partial charge < -0.3 is 14.7 Å². The Kier molecular flexibility index (Phi) is 6.63. The molecule has 2 fully saturated rings. The molecule has 10 heteroatoms. The van der Waals surface area contributed by atoms with Gasteiger partial charge in [0.15, 0.2) is 0 Å². The first kappa shape index (κ1) is 23.9. The smallest absolute Gasteiger partial charge is 0.243 e. The van der Waals surface area contributed by atoms with E-state index in [0.717, 1.165) is 29.7 Å². The summed E-state index contributed by atoms with van der Waals surface area (Å²) in [5.41, 5.74) is 0.876. The lowest BCUT2D eigenvalue weighted by Crippen LogP contribution is -2.49. The standard InChI is InChI=1S/C25H31N5O4S/c1-18(24-26-23-6-4-3-5-22(23)25(27-24)29-12-11-19(31)17-29)28-13-15-30(16-14-28)35(32,33)21-9-7-20(34-2)8-10-21/h3-10,18-19,31H,11-17H2,1-2H3/t18?,19-/m0/s1. The number of nitrogens with zero attached hydrogens (tertiary/aromatic N) is 5. The minimum atomic E-state index is -3.56. The molecule has 5 rings (SSSR count). The van der Waals surface area contributed by atoms with E-state index in [1.165, 1.54) is 4.31 Å². The monoisotopic (exact) mass is 497 g/mol. The minimum absolute atomic E-state index is 0.0725. The molecule has 35 heavy (non-hydrogen) atoms. The van der Waals surface area contributed by atoms with Crippen LogP contribution in [0.2, 0.25) is 0 Å². The first-order chi connectivity index (χ1) is 16.9. The molecule has 0 radical (unpaired) electrons. The maximum Gasteiger partial charge on any atom is 0.243 e. The summed E-state index contributed by atoms with van der Waals surface area (Å²) in [6.07, 6.45) is 0.388. The van der Waals surface area contributed by atoms with Crippen molar-refractivity contribution >= 4 is 26.7 Å². The highest BCUT2D eigenvalue weighted by Gasteiger charge is 2.32. The van der Waals surface area contributed by atoms with E-state index in [9.17, 15) is 13.5 Å². The fraction of sp³-hybridized carbons (Fsp3) is 0.440. The summed E-state index contributed by atoms with van der Waals surface area (Å²) in [5.74, 6) is 2.20. The molecule has 0 saturated carbocycles. The van der Waals surface area contributed by atoms with Gasteiger partial charge in [-0.25, -0.2) is 18.4 Å². The van der Waals surface area contributed by atoms with Gasteiger partial charge in [0.1, 0.15) is 17.4 Å². The van der Waals surface area contributed by atoms with E-state index >= 15 is 0 Å². The van der Waals surface area contributed by atoms with Crippen molar-refractivity contribution in [3.8, 4) is 5.75 Å². The molecule has 9 nitrogen and oxygen atoms in total. The van der Waals surface area contributed by atoms with Crippen LogP contribution in [0.5, 0.6) is 5.75 Å². The predicted octanol–water partition coefficient (Wildman–Crippen LogP) is 2.28. The Morgan fingerprint density at radius 3 is 2.37 bits per heavy atom. The lowest BCUT2D eigenvalue weighted by molar-refractivity contribution is 0.141. The summed E-state index contributed by atoms with van der Waals surface area (Å²) < 4.78 is 32.9. The zero-order valence-corrected chi connectivity index (χ0v) is 20.9. The van der Waals surface area contributed by atoms with Crippen molar-refractivity contribution in [2.75, 3.05) is 51.3 Å². The van der Waals surface area contributed by atoms with Gasteiger partial charge in [-0.15, -0.1) is 0 Å². The summed E-state index contributed by atoms with van der Waals surface area (Å²) >= 11 is 0. The third kappa shape index (κ3) is 4.71. The van der Waals surface area contributed by atoms with Crippen LogP contribution in [0.15, 0.2) is 53.4 Å². The van der Waals surface area contributed by atoms with Crippen LogP contribution in [0.3, 0.4) is 0 Å². The van der Waals surface area contributed by atoms with Gasteiger partial charge in [-0.2, -0.15) is 4.31 Å². The molecule has 3 heterocycles. The predicted molar refractivity (Wildman–Crippen MR) is 134 cm³/mol. The third-order valence-electron chi connectivity index (χ3n) is 6.96. The van der Waals surface area contributed by atoms with Crippen molar-refractivity contribution in [2.24, 2.45) is 0 Å². The Bertz CT molecular complexity index is 1290. The van der Waals surface area contributed by atoms with Crippen molar-refractivity contribution in [3.63, 3.8) is 0 Å². The molecule has 2 saturated heterocycles. The average Bonchev–Trinajstić information content (AvgIpc) is 3.33. The molecule has 2 atom stereocenters. The van der Waals surface area contributed by atoms with Gasteiger partial charge in [0.25, 0.3) is 0 Å². The normalized spacial score (nSPS) is 20.9. The summed E-state index contributed by atoms with van der Waals surface area (Å²) in [7, 11) is -2.01. The van der Waals surface area contributed by atoms with Crippen LogP contribution in [0, 0.1) is 0 Å². The zero-order valence-electron chi connectivity index (χ0n) is 20.0. The second kappa shape index (κ2) is 9.69. The maximum atomic E-state index is 13.1. The Morgan fingerprint density at radius 2 is 1.71 bits per heavy atom. The second-order valence-electron chi connectivity index (χ2n) is 9.10. The fourth-order valence-corrected chi connectivity index (χ4v) is 6.25. The van der Waals surface area contributed by atoms with Crippen LogP contribution >= 0.6 is 0 Å². The molecule has 3 aromatic rings. The number of methoxy groups -OCH3 is 1. The highest BCUT2D eigenvalue weighted by molar-refractivity contribution is 7.89. The molecule has 186 valence electrons. The molecule has 0 aliphatic carbocycles. The molecule has 0 spiro atoms. The van der Waals surface area contributed by atoms with Crippen molar-refractivity contribution in [1.29, 1.82) is 0 Å². The Hall–Kier alpha value is -2.79. The number of fused-ring (bicyclic) bond motifs is 1. The number of β-amino-alcohol motifs (C(OH)–C–C–N with tert-alkyl or cyclic N) is 1. The molecule has 0 bridgehead atoms. The van der Waals surface area contributed by atoms with Gasteiger partial charge in [-0.05, 0) is 49.7 Å². The first-order valence-electron chi connectivity index (χ1n) is 11.9. The van der Waals surface area contributed by atoms with Crippen LogP contribution in [0.25, 0.3) is 10.9 Å². The van der Waals surface area contributed by atoms with E-state index in [-0.39, 0.29) is 17.0 Å². The highest BCUT2D eigenvalue weighted by Crippen LogP contribution is 2.30. The molecule has 1 unspecified atom stereocenters. The number of aliphatic hydroxyl groups excluding tert-OH is 1. The number of hydrogen-bond donors (Lipinski definition) is 1. The Balaban J connectivity index is 1.33. The number of hydrogen-bond acceptors (Lipinski definition) is 8. The van der Waals surface area contributed by atoms with Crippen molar-refractivity contribution in [1.82, 2.24) is 19.2 Å². The first-order valence-corrected chi connectivity index (χ1v) is 13.4. The van der Waals surface area contributed by atoms with Gasteiger partial charge in [0, 0.05) is 44.7 Å². The van der Waals surface area contributed by atoms with E-state index in [1.807, 2.05) is 24.3 Å². The Morgan fingerprint density at radius 1 is 1.00 bits per heavy atom. The summed E-state index contributed by atoms with van der Waals surface area (Å²) in [6, 6.07) is 14.4. The summed E-state index contributed by atoms with van der Waals surface area (Å²) in [4.78, 5) is 14.4. The number of anilines is 1. The molecule has 0 amide bonds. The van der Waals surface area contributed by atoms with E-state index < -0.39 is 10.0 Å². The molecule has 2 aliphatic heterocycles. The summed E-state index contributed by atoms with van der Waals surface area (Å²) in [5, 5.41) is 11.0. The van der Waals surface area contributed by atoms with Gasteiger partial charge in [0.05, 0.1) is 29.7 Å². The van der Waals surface area contributed by atoms with Gasteiger partial charge in [0.2, 0.25) is 10.0 Å². The van der Waals surface area contributed by atoms with Gasteiger partial charge in [-0.3, -0.25) is 4.90 Å². The molecule has 2 aromatic carbocycles. The number of rotatable bonds is 6. The van der Waals surface area contributed by atoms with Crippen LogP contribution in [-0.4, -0.2) is 85.2 Å². The maximum absolute atomic E-state index is 13.1. The number of aromatic nitrogens is 2. The van der Waals surface area contributed by atoms with Crippen molar-refractivity contribution < 1.29 is 18.3 Å². The molecule has 2 aliphatic rings. The third-order valence-corrected chi connectivity index (χ3v) is 8.87. The fourth-order valence-electron chi connectivity index (χ4n) is 4.83. The van der Waals surface area contributed by atoms with Crippen LogP contribution in [0.1, 0.15) is 25.2 Å². The average molecular weight is 498 g/mol. The van der Waals surface area contributed by atoms with Crippen LogP contribution in [-0.2, 0) is 10.0 Å². The number of benzene rings is 2. The van der Waals surface area contributed by atoms with Crippen molar-refractivity contribution in [2.45, 2.75) is 30.4 Å².